The van der Waals surface area contributed by atoms with Crippen LogP contribution in [-0.4, -0.2) is 46.3 Å². The Morgan fingerprint density at radius 2 is 1.97 bits per heavy atom. The lowest BCUT2D eigenvalue weighted by atomic mass is 10.1. The highest BCUT2D eigenvalue weighted by molar-refractivity contribution is 7.11. The molecule has 2 N–H and O–H groups in total. The van der Waals surface area contributed by atoms with Crippen molar-refractivity contribution in [1.82, 2.24) is 14.3 Å². The number of anilines is 2. The third-order valence-corrected chi connectivity index (χ3v) is 6.33. The van der Waals surface area contributed by atoms with Gasteiger partial charge >= 0.3 is 0 Å². The maximum absolute atomic E-state index is 15.4. The van der Waals surface area contributed by atoms with E-state index in [0.717, 1.165) is 5.00 Å². The van der Waals surface area contributed by atoms with Crippen molar-refractivity contribution < 1.29 is 9.18 Å². The van der Waals surface area contributed by atoms with E-state index in [2.05, 4.69) is 20.8 Å². The molecule has 4 rings (SSSR count). The number of aromatic nitrogens is 2. The van der Waals surface area contributed by atoms with Crippen LogP contribution in [0.2, 0.25) is 10.0 Å². The average Bonchev–Trinajstić information content (AvgIpc) is 3.14. The van der Waals surface area contributed by atoms with E-state index in [9.17, 15) is 4.79 Å². The van der Waals surface area contributed by atoms with Gasteiger partial charge in [-0.05, 0) is 35.8 Å². The van der Waals surface area contributed by atoms with E-state index in [1.165, 1.54) is 23.7 Å². The minimum atomic E-state index is -0.588. The Morgan fingerprint density at radius 3 is 2.66 bits per heavy atom. The molecule has 1 saturated heterocycles. The fraction of sp³-hybridized carbons (Fsp3) is 0.211. The third-order valence-electron chi connectivity index (χ3n) is 4.80. The summed E-state index contributed by atoms with van der Waals surface area (Å²) in [5, 5.41) is 1.85. The molecule has 1 aliphatic heterocycles. The molecule has 10 heteroatoms. The van der Waals surface area contributed by atoms with Crippen LogP contribution in [0, 0.1) is 5.82 Å². The largest absolute Gasteiger partial charge is 0.384 e. The predicted octanol–water partition coefficient (Wildman–Crippen LogP) is 4.22. The van der Waals surface area contributed by atoms with Gasteiger partial charge in [-0.25, -0.2) is 9.37 Å². The number of rotatable bonds is 3. The number of nitrogens with two attached hydrogens (primary N) is 1. The monoisotopic (exact) mass is 451 g/mol. The summed E-state index contributed by atoms with van der Waals surface area (Å²) >= 11 is 13.8. The van der Waals surface area contributed by atoms with Crippen LogP contribution in [0.3, 0.4) is 0 Å². The number of amides is 1. The summed E-state index contributed by atoms with van der Waals surface area (Å²) in [6.45, 7) is 5.86. The van der Waals surface area contributed by atoms with Crippen LogP contribution in [0.15, 0.2) is 30.9 Å². The summed E-state index contributed by atoms with van der Waals surface area (Å²) in [6, 6.07) is 4.76. The number of hydrogen-bond acceptors (Lipinski definition) is 6. The van der Waals surface area contributed by atoms with Crippen molar-refractivity contribution in [1.29, 1.82) is 0 Å². The molecule has 2 aromatic heterocycles. The van der Waals surface area contributed by atoms with Crippen LogP contribution >= 0.6 is 34.7 Å². The average molecular weight is 452 g/mol. The van der Waals surface area contributed by atoms with Gasteiger partial charge in [-0.1, -0.05) is 29.8 Å². The van der Waals surface area contributed by atoms with Gasteiger partial charge in [0.05, 0.1) is 21.3 Å². The van der Waals surface area contributed by atoms with Gasteiger partial charge in [0.1, 0.15) is 16.3 Å². The van der Waals surface area contributed by atoms with Gasteiger partial charge in [0, 0.05) is 31.6 Å². The second-order valence-corrected chi connectivity index (χ2v) is 8.08. The van der Waals surface area contributed by atoms with Crippen LogP contribution in [0.5, 0.6) is 0 Å². The first kappa shape index (κ1) is 19.9. The lowest BCUT2D eigenvalue weighted by molar-refractivity contribution is -0.126. The van der Waals surface area contributed by atoms with Gasteiger partial charge in [-0.15, -0.1) is 0 Å². The van der Waals surface area contributed by atoms with Crippen molar-refractivity contribution in [2.45, 2.75) is 0 Å². The van der Waals surface area contributed by atoms with E-state index in [0.29, 0.717) is 31.6 Å². The number of benzene rings is 1. The molecule has 0 radical (unpaired) electrons. The van der Waals surface area contributed by atoms with Crippen LogP contribution in [-0.2, 0) is 4.79 Å². The lowest BCUT2D eigenvalue weighted by Crippen LogP contribution is -2.48. The van der Waals surface area contributed by atoms with E-state index in [1.807, 2.05) is 0 Å². The summed E-state index contributed by atoms with van der Waals surface area (Å²) in [7, 11) is 0. The van der Waals surface area contributed by atoms with Gasteiger partial charge < -0.3 is 15.5 Å². The minimum Gasteiger partial charge on any atom is -0.384 e. The third kappa shape index (κ3) is 3.52. The summed E-state index contributed by atoms with van der Waals surface area (Å²) in [5.41, 5.74) is 6.20. The highest BCUT2D eigenvalue weighted by Gasteiger charge is 2.26. The zero-order valence-electron chi connectivity index (χ0n) is 15.2. The molecule has 150 valence electrons. The van der Waals surface area contributed by atoms with Gasteiger partial charge in [0.15, 0.2) is 5.82 Å². The van der Waals surface area contributed by atoms with Crippen molar-refractivity contribution >= 4 is 62.4 Å². The number of halogens is 3. The van der Waals surface area contributed by atoms with Gasteiger partial charge in [0.25, 0.3) is 0 Å². The molecule has 1 fully saturated rings. The second-order valence-electron chi connectivity index (χ2n) is 6.51. The number of nitrogen functional groups attached to an aromatic ring is 1. The number of carbonyl (C=O) groups excluding carboxylic acids is 1. The van der Waals surface area contributed by atoms with Crippen molar-refractivity contribution in [3.8, 4) is 11.3 Å². The van der Waals surface area contributed by atoms with Crippen molar-refractivity contribution in [2.75, 3.05) is 36.8 Å². The number of carbonyl (C=O) groups is 1. The Bertz CT molecular complexity index is 1130. The number of pyridine rings is 1. The Kier molecular flexibility index (Phi) is 5.33. The maximum atomic E-state index is 15.4. The van der Waals surface area contributed by atoms with E-state index < -0.39 is 5.82 Å². The van der Waals surface area contributed by atoms with Crippen molar-refractivity contribution in [3.05, 3.63) is 46.7 Å². The molecule has 0 atom stereocenters. The first-order valence-electron chi connectivity index (χ1n) is 8.76. The number of piperazine rings is 1. The Morgan fingerprint density at radius 1 is 1.24 bits per heavy atom. The molecule has 1 aromatic carbocycles. The van der Waals surface area contributed by atoms with Gasteiger partial charge in [-0.2, -0.15) is 4.37 Å². The molecule has 6 nitrogen and oxygen atoms in total. The van der Waals surface area contributed by atoms with E-state index in [-0.39, 0.29) is 38.5 Å². The summed E-state index contributed by atoms with van der Waals surface area (Å²) < 4.78 is 19.7. The SMILES string of the molecule is C=CC(=O)N1CCN(c2snc3c(F)c(-c4nc(N)ccc4Cl)c(Cl)cc23)CC1. The molecule has 0 saturated carbocycles. The molecule has 0 spiro atoms. The first-order valence-corrected chi connectivity index (χ1v) is 10.3. The van der Waals surface area contributed by atoms with E-state index in [1.54, 1.807) is 17.0 Å². The van der Waals surface area contributed by atoms with Gasteiger partial charge in [0.2, 0.25) is 5.91 Å². The molecule has 1 aliphatic rings. The van der Waals surface area contributed by atoms with Gasteiger partial charge in [-0.3, -0.25) is 4.79 Å². The predicted molar refractivity (Wildman–Crippen MR) is 116 cm³/mol. The number of nitrogens with zero attached hydrogens (tertiary/aromatic N) is 4. The molecule has 0 aliphatic carbocycles. The van der Waals surface area contributed by atoms with E-state index >= 15 is 4.39 Å². The molecular weight excluding hydrogens is 436 g/mol. The number of hydrogen-bond donors (Lipinski definition) is 1. The van der Waals surface area contributed by atoms with Crippen LogP contribution in [0.1, 0.15) is 0 Å². The zero-order chi connectivity index (χ0) is 20.7. The molecule has 3 heterocycles. The highest BCUT2D eigenvalue weighted by atomic mass is 35.5. The van der Waals surface area contributed by atoms with Crippen molar-refractivity contribution in [3.63, 3.8) is 0 Å². The standard InChI is InChI=1S/C19H16Cl2FN5OS/c1-2-14(28)26-5-7-27(8-6-26)19-10-9-12(21)15(16(22)17(10)25-29-19)18-11(20)3-4-13(23)24-18/h2-4,9H,1,5-8H2,(H2,23,24). The molecule has 0 bridgehead atoms. The minimum absolute atomic E-state index is 0.0784. The Labute approximate surface area is 180 Å². The second kappa shape index (κ2) is 7.78. The summed E-state index contributed by atoms with van der Waals surface area (Å²) in [4.78, 5) is 19.7. The molecule has 29 heavy (non-hydrogen) atoms. The zero-order valence-corrected chi connectivity index (χ0v) is 17.5. The normalized spacial score (nSPS) is 14.4. The summed E-state index contributed by atoms with van der Waals surface area (Å²) in [5.74, 6) is -0.467. The molecule has 1 amide bonds. The first-order chi connectivity index (χ1) is 13.9. The quantitative estimate of drug-likeness (QED) is 0.603. The Hall–Kier alpha value is -2.42. The summed E-state index contributed by atoms with van der Waals surface area (Å²) in [6.07, 6.45) is 1.31. The van der Waals surface area contributed by atoms with Crippen LogP contribution < -0.4 is 10.6 Å². The van der Waals surface area contributed by atoms with E-state index in [4.69, 9.17) is 28.9 Å². The smallest absolute Gasteiger partial charge is 0.246 e. The van der Waals surface area contributed by atoms with Crippen LogP contribution in [0.4, 0.5) is 15.2 Å². The van der Waals surface area contributed by atoms with Crippen molar-refractivity contribution in [2.24, 2.45) is 0 Å². The topological polar surface area (TPSA) is 75.4 Å². The maximum Gasteiger partial charge on any atom is 0.246 e. The highest BCUT2D eigenvalue weighted by Crippen LogP contribution is 2.42. The molecular formula is C19H16Cl2FN5OS. The Balaban J connectivity index is 1.73. The molecule has 3 aromatic rings. The molecule has 0 unspecified atom stereocenters. The fourth-order valence-electron chi connectivity index (χ4n) is 3.34. The lowest BCUT2D eigenvalue weighted by Gasteiger charge is -2.34. The number of fused-ring (bicyclic) bond motifs is 1. The van der Waals surface area contributed by atoms with Crippen LogP contribution in [0.25, 0.3) is 22.2 Å². The fourth-order valence-corrected chi connectivity index (χ4v) is 4.73.